The van der Waals surface area contributed by atoms with Crippen molar-refractivity contribution in [2.75, 3.05) is 46.1 Å². The fraction of sp³-hybridized carbons (Fsp3) is 0.900. The molecule has 0 N–H and O–H groups in total. The highest BCUT2D eigenvalue weighted by atomic mass is 32.2. The number of carbonyl (C=O) groups is 2. The van der Waals surface area contributed by atoms with Crippen molar-refractivity contribution in [2.45, 2.75) is 187 Å². The van der Waals surface area contributed by atoms with Crippen LogP contribution in [0.3, 0.4) is 0 Å². The standard InChI is InChI=1S/C40H78N2O3S/c1-5-7-9-11-13-14-15-16-17-18-19-20-21-22-26-30-34-42(40(44)46-38-36-41(3)4)35-31-27-24-25-29-33-39(43)45-37-32-28-23-12-10-8-6-2/h28,32H,5-27,29-31,33-38H2,1-4H3/b32-28-. The monoisotopic (exact) mass is 667 g/mol. The molecule has 0 aromatic rings. The summed E-state index contributed by atoms with van der Waals surface area (Å²) in [4.78, 5) is 29.2. The molecule has 0 atom stereocenters. The van der Waals surface area contributed by atoms with Gasteiger partial charge in [-0.05, 0) is 46.2 Å². The summed E-state index contributed by atoms with van der Waals surface area (Å²) < 4.78 is 5.33. The molecule has 46 heavy (non-hydrogen) atoms. The average molecular weight is 667 g/mol. The molecule has 0 aromatic heterocycles. The van der Waals surface area contributed by atoms with Gasteiger partial charge in [0.1, 0.15) is 6.61 Å². The lowest BCUT2D eigenvalue weighted by molar-refractivity contribution is -0.142. The molecular formula is C40H78N2O3S. The van der Waals surface area contributed by atoms with Crippen LogP contribution in [0.1, 0.15) is 187 Å². The summed E-state index contributed by atoms with van der Waals surface area (Å²) in [5, 5.41) is 0.251. The maximum Gasteiger partial charge on any atom is 0.306 e. The second-order valence-electron chi connectivity index (χ2n) is 13.7. The summed E-state index contributed by atoms with van der Waals surface area (Å²) in [7, 11) is 4.12. The summed E-state index contributed by atoms with van der Waals surface area (Å²) in [6.07, 6.45) is 37.9. The number of ether oxygens (including phenoxy) is 1. The summed E-state index contributed by atoms with van der Waals surface area (Å²) in [6, 6.07) is 0. The van der Waals surface area contributed by atoms with Crippen molar-refractivity contribution in [3.05, 3.63) is 12.2 Å². The van der Waals surface area contributed by atoms with Crippen LogP contribution in [-0.2, 0) is 9.53 Å². The Hall–Kier alpha value is -1.01. The number of hydrogen-bond donors (Lipinski definition) is 0. The topological polar surface area (TPSA) is 49.9 Å². The lowest BCUT2D eigenvalue weighted by atomic mass is 10.0. The van der Waals surface area contributed by atoms with E-state index in [0.717, 1.165) is 70.3 Å². The van der Waals surface area contributed by atoms with Crippen molar-refractivity contribution in [3.63, 3.8) is 0 Å². The summed E-state index contributed by atoms with van der Waals surface area (Å²) in [6.45, 7) is 7.61. The van der Waals surface area contributed by atoms with Crippen LogP contribution in [0.5, 0.6) is 0 Å². The smallest absolute Gasteiger partial charge is 0.306 e. The first-order chi connectivity index (χ1) is 22.5. The molecule has 5 nitrogen and oxygen atoms in total. The highest BCUT2D eigenvalue weighted by molar-refractivity contribution is 8.13. The number of rotatable bonds is 35. The molecule has 1 amide bonds. The van der Waals surface area contributed by atoms with Gasteiger partial charge in [0.25, 0.3) is 5.24 Å². The SMILES string of the molecule is CCCCCC/C=C\COC(=O)CCCCCCCN(CCCCCCCCCCCCCCCCCC)C(=O)SCCN(C)C. The van der Waals surface area contributed by atoms with Crippen molar-refractivity contribution >= 4 is 23.0 Å². The van der Waals surface area contributed by atoms with Gasteiger partial charge in [-0.25, -0.2) is 0 Å². The molecule has 0 fully saturated rings. The van der Waals surface area contributed by atoms with Crippen molar-refractivity contribution in [3.8, 4) is 0 Å². The Morgan fingerprint density at radius 1 is 0.543 bits per heavy atom. The summed E-state index contributed by atoms with van der Waals surface area (Å²) in [5.74, 6) is 0.771. The fourth-order valence-corrected chi connectivity index (χ4v) is 6.74. The Labute approximate surface area is 291 Å². The quantitative estimate of drug-likeness (QED) is 0.0383. The summed E-state index contributed by atoms with van der Waals surface area (Å²) >= 11 is 1.48. The zero-order valence-electron chi connectivity index (χ0n) is 31.3. The molecule has 6 heteroatoms. The van der Waals surface area contributed by atoms with E-state index in [-0.39, 0.29) is 11.2 Å². The number of allylic oxidation sites excluding steroid dienone is 1. The number of hydrogen-bond acceptors (Lipinski definition) is 5. The minimum absolute atomic E-state index is 0.0824. The minimum atomic E-state index is -0.0824. The number of unbranched alkanes of at least 4 members (excludes halogenated alkanes) is 23. The molecule has 0 radical (unpaired) electrons. The van der Waals surface area contributed by atoms with E-state index >= 15 is 0 Å². The first-order valence-corrected chi connectivity index (χ1v) is 20.9. The molecular weight excluding hydrogens is 589 g/mol. The molecule has 0 saturated carbocycles. The van der Waals surface area contributed by atoms with Crippen LogP contribution >= 0.6 is 11.8 Å². The number of esters is 1. The first kappa shape index (κ1) is 45.0. The van der Waals surface area contributed by atoms with Crippen molar-refractivity contribution < 1.29 is 14.3 Å². The van der Waals surface area contributed by atoms with E-state index < -0.39 is 0 Å². The van der Waals surface area contributed by atoms with Gasteiger partial charge < -0.3 is 14.5 Å². The summed E-state index contributed by atoms with van der Waals surface area (Å²) in [5.41, 5.74) is 0. The molecule has 0 spiro atoms. The van der Waals surface area contributed by atoms with Crippen molar-refractivity contribution in [1.29, 1.82) is 0 Å². The van der Waals surface area contributed by atoms with E-state index in [2.05, 4.69) is 43.8 Å². The second-order valence-corrected chi connectivity index (χ2v) is 14.8. The van der Waals surface area contributed by atoms with Crippen LogP contribution < -0.4 is 0 Å². The Morgan fingerprint density at radius 2 is 0.978 bits per heavy atom. The molecule has 0 rings (SSSR count). The molecule has 0 unspecified atom stereocenters. The zero-order chi connectivity index (χ0) is 33.8. The third kappa shape index (κ3) is 34.3. The average Bonchev–Trinajstić information content (AvgIpc) is 3.04. The number of amides is 1. The van der Waals surface area contributed by atoms with Crippen LogP contribution in [0.25, 0.3) is 0 Å². The number of carbonyl (C=O) groups excluding carboxylic acids is 2. The van der Waals surface area contributed by atoms with Crippen molar-refractivity contribution in [2.24, 2.45) is 0 Å². The minimum Gasteiger partial charge on any atom is -0.461 e. The third-order valence-corrected chi connectivity index (χ3v) is 9.74. The molecule has 0 saturated heterocycles. The van der Waals surface area contributed by atoms with Crippen LogP contribution in [0.2, 0.25) is 0 Å². The van der Waals surface area contributed by atoms with Crippen LogP contribution in [0, 0.1) is 0 Å². The Bertz CT molecular complexity index is 685. The Balaban J connectivity index is 3.94. The highest BCUT2D eigenvalue weighted by Gasteiger charge is 2.13. The van der Waals surface area contributed by atoms with Crippen LogP contribution in [0.4, 0.5) is 4.79 Å². The highest BCUT2D eigenvalue weighted by Crippen LogP contribution is 2.16. The van der Waals surface area contributed by atoms with Gasteiger partial charge in [0.05, 0.1) is 0 Å². The largest absolute Gasteiger partial charge is 0.461 e. The maximum atomic E-state index is 13.0. The van der Waals surface area contributed by atoms with Gasteiger partial charge in [0, 0.05) is 31.8 Å². The van der Waals surface area contributed by atoms with Crippen LogP contribution in [0.15, 0.2) is 12.2 Å². The molecule has 0 aromatic carbocycles. The molecule has 0 heterocycles. The Kier molecular flexibility index (Phi) is 36.0. The van der Waals surface area contributed by atoms with Gasteiger partial charge in [-0.2, -0.15) is 0 Å². The van der Waals surface area contributed by atoms with E-state index in [0.29, 0.717) is 13.0 Å². The molecule has 0 bridgehead atoms. The van der Waals surface area contributed by atoms with Gasteiger partial charge in [0.2, 0.25) is 0 Å². The first-order valence-electron chi connectivity index (χ1n) is 19.9. The predicted octanol–water partition coefficient (Wildman–Crippen LogP) is 12.4. The second kappa shape index (κ2) is 36.8. The van der Waals surface area contributed by atoms with E-state index in [4.69, 9.17) is 4.74 Å². The third-order valence-electron chi connectivity index (χ3n) is 8.84. The maximum absolute atomic E-state index is 13.0. The van der Waals surface area contributed by atoms with Crippen molar-refractivity contribution in [1.82, 2.24) is 9.80 Å². The van der Waals surface area contributed by atoms with E-state index in [1.54, 1.807) is 0 Å². The van der Waals surface area contributed by atoms with E-state index in [1.165, 1.54) is 134 Å². The predicted molar refractivity (Wildman–Crippen MR) is 204 cm³/mol. The van der Waals surface area contributed by atoms with Gasteiger partial charge in [-0.1, -0.05) is 173 Å². The number of nitrogens with zero attached hydrogens (tertiary/aromatic N) is 2. The van der Waals surface area contributed by atoms with Gasteiger partial charge in [0.15, 0.2) is 0 Å². The normalized spacial score (nSPS) is 11.6. The van der Waals surface area contributed by atoms with Gasteiger partial charge in [-0.15, -0.1) is 0 Å². The van der Waals surface area contributed by atoms with E-state index in [9.17, 15) is 9.59 Å². The van der Waals surface area contributed by atoms with E-state index in [1.807, 2.05) is 6.08 Å². The van der Waals surface area contributed by atoms with Crippen LogP contribution in [-0.4, -0.2) is 67.1 Å². The van der Waals surface area contributed by atoms with Gasteiger partial charge >= 0.3 is 5.97 Å². The Morgan fingerprint density at radius 3 is 1.46 bits per heavy atom. The molecule has 0 aliphatic carbocycles. The lowest BCUT2D eigenvalue weighted by Gasteiger charge is -2.22. The molecule has 272 valence electrons. The zero-order valence-corrected chi connectivity index (χ0v) is 32.1. The fourth-order valence-electron chi connectivity index (χ4n) is 5.74. The van der Waals surface area contributed by atoms with Gasteiger partial charge in [-0.3, -0.25) is 9.59 Å². The molecule has 0 aliphatic rings. The number of thioether (sulfide) groups is 1. The molecule has 0 aliphatic heterocycles. The lowest BCUT2D eigenvalue weighted by Crippen LogP contribution is -2.30.